The second-order valence-corrected chi connectivity index (χ2v) is 9.73. The van der Waals surface area contributed by atoms with E-state index in [2.05, 4.69) is 38.2 Å². The third-order valence-corrected chi connectivity index (χ3v) is 6.45. The quantitative estimate of drug-likeness (QED) is 0.781. The van der Waals surface area contributed by atoms with Crippen LogP contribution < -0.4 is 10.1 Å². The molecule has 29 heavy (non-hydrogen) atoms. The van der Waals surface area contributed by atoms with E-state index in [1.165, 1.54) is 16.9 Å². The molecule has 1 saturated heterocycles. The number of carbonyl (C=O) groups is 3. The minimum Gasteiger partial charge on any atom is -0.488 e. The highest BCUT2D eigenvalue weighted by atomic mass is 32.1. The van der Waals surface area contributed by atoms with Crippen molar-refractivity contribution in [2.24, 2.45) is 0 Å². The zero-order valence-corrected chi connectivity index (χ0v) is 17.6. The minimum atomic E-state index is -0.569. The number of benzene rings is 1. The molecule has 1 aromatic heterocycles. The topological polar surface area (TPSA) is 75.7 Å². The van der Waals surface area contributed by atoms with Gasteiger partial charge in [0.25, 0.3) is 5.91 Å². The monoisotopic (exact) mass is 412 g/mol. The standard InChI is InChI=1S/C22H24N2O4S/c1-22(2,3)13-4-6-14(7-5-13)28-12-15-10-16-18(29-15)11-24(21(16)27)17-8-9-19(25)23-20(17)26/h4-7,10,17H,8-9,11-12H2,1-3H3,(H,23,25,26)/t17-/m0/s1. The van der Waals surface area contributed by atoms with Crippen molar-refractivity contribution in [3.8, 4) is 5.75 Å². The van der Waals surface area contributed by atoms with E-state index in [1.54, 1.807) is 4.90 Å². The summed E-state index contributed by atoms with van der Waals surface area (Å²) in [6.07, 6.45) is 0.646. The maximum atomic E-state index is 12.8. The fraction of sp³-hybridized carbons (Fsp3) is 0.409. The highest BCUT2D eigenvalue weighted by molar-refractivity contribution is 7.12. The molecule has 1 aromatic carbocycles. The molecule has 0 radical (unpaired) electrons. The Morgan fingerprint density at radius 3 is 2.52 bits per heavy atom. The molecular weight excluding hydrogens is 388 g/mol. The first-order valence-corrected chi connectivity index (χ1v) is 10.5. The Balaban J connectivity index is 1.39. The molecule has 4 rings (SSSR count). The fourth-order valence-electron chi connectivity index (χ4n) is 3.67. The van der Waals surface area contributed by atoms with Crippen LogP contribution in [0.25, 0.3) is 0 Å². The Labute approximate surface area is 173 Å². The average molecular weight is 413 g/mol. The second kappa shape index (κ2) is 7.30. The van der Waals surface area contributed by atoms with Crippen molar-refractivity contribution >= 4 is 29.1 Å². The van der Waals surface area contributed by atoms with Crippen molar-refractivity contribution in [2.45, 2.75) is 58.2 Å². The lowest BCUT2D eigenvalue weighted by atomic mass is 9.87. The first kappa shape index (κ1) is 19.6. The summed E-state index contributed by atoms with van der Waals surface area (Å²) >= 11 is 1.54. The summed E-state index contributed by atoms with van der Waals surface area (Å²) in [6.45, 7) is 7.32. The number of thiophene rings is 1. The first-order chi connectivity index (χ1) is 13.7. The lowest BCUT2D eigenvalue weighted by Crippen LogP contribution is -2.52. The van der Waals surface area contributed by atoms with Gasteiger partial charge in [-0.05, 0) is 35.6 Å². The van der Waals surface area contributed by atoms with E-state index in [-0.39, 0.29) is 29.6 Å². The number of nitrogens with zero attached hydrogens (tertiary/aromatic N) is 1. The number of fused-ring (bicyclic) bond motifs is 1. The van der Waals surface area contributed by atoms with Gasteiger partial charge in [0.05, 0.1) is 12.1 Å². The maximum Gasteiger partial charge on any atom is 0.256 e. The summed E-state index contributed by atoms with van der Waals surface area (Å²) in [5.41, 5.74) is 1.99. The van der Waals surface area contributed by atoms with Gasteiger partial charge < -0.3 is 9.64 Å². The Morgan fingerprint density at radius 1 is 1.17 bits per heavy atom. The number of piperidine rings is 1. The van der Waals surface area contributed by atoms with Crippen molar-refractivity contribution in [3.05, 3.63) is 51.2 Å². The second-order valence-electron chi connectivity index (χ2n) is 8.51. The van der Waals surface area contributed by atoms with Crippen LogP contribution in [0.4, 0.5) is 0 Å². The molecule has 1 atom stereocenters. The van der Waals surface area contributed by atoms with Crippen LogP contribution in [0.15, 0.2) is 30.3 Å². The molecule has 1 N–H and O–H groups in total. The number of hydrogen-bond donors (Lipinski definition) is 1. The number of amides is 3. The molecule has 0 spiro atoms. The fourth-order valence-corrected chi connectivity index (χ4v) is 4.74. The predicted molar refractivity (Wildman–Crippen MR) is 110 cm³/mol. The largest absolute Gasteiger partial charge is 0.488 e. The van der Waals surface area contributed by atoms with E-state index in [4.69, 9.17) is 4.74 Å². The number of rotatable bonds is 4. The number of carbonyl (C=O) groups excluding carboxylic acids is 3. The average Bonchev–Trinajstić information content (AvgIpc) is 3.19. The molecule has 0 aliphatic carbocycles. The number of hydrogen-bond acceptors (Lipinski definition) is 5. The number of ether oxygens (including phenoxy) is 1. The molecule has 3 heterocycles. The van der Waals surface area contributed by atoms with Gasteiger partial charge in [-0.15, -0.1) is 11.3 Å². The van der Waals surface area contributed by atoms with Crippen LogP contribution in [-0.2, 0) is 28.2 Å². The van der Waals surface area contributed by atoms with Gasteiger partial charge in [0.1, 0.15) is 18.4 Å². The third-order valence-electron chi connectivity index (χ3n) is 5.35. The van der Waals surface area contributed by atoms with Gasteiger partial charge in [0.2, 0.25) is 11.8 Å². The maximum absolute atomic E-state index is 12.8. The van der Waals surface area contributed by atoms with Gasteiger partial charge in [-0.2, -0.15) is 0 Å². The van der Waals surface area contributed by atoms with Crippen LogP contribution in [0.2, 0.25) is 0 Å². The first-order valence-electron chi connectivity index (χ1n) is 9.72. The van der Waals surface area contributed by atoms with Gasteiger partial charge in [-0.25, -0.2) is 0 Å². The van der Waals surface area contributed by atoms with E-state index >= 15 is 0 Å². The normalized spacial score (nSPS) is 19.3. The van der Waals surface area contributed by atoms with Crippen LogP contribution in [-0.4, -0.2) is 28.7 Å². The predicted octanol–water partition coefficient (Wildman–Crippen LogP) is 3.39. The summed E-state index contributed by atoms with van der Waals surface area (Å²) in [5, 5.41) is 2.32. The molecule has 2 aromatic rings. The molecule has 0 saturated carbocycles. The Hall–Kier alpha value is -2.67. The van der Waals surface area contributed by atoms with Crippen LogP contribution in [0.3, 0.4) is 0 Å². The zero-order valence-electron chi connectivity index (χ0n) is 16.8. The Bertz CT molecular complexity index is 972. The molecular formula is C22H24N2O4S. The molecule has 2 aliphatic heterocycles. The van der Waals surface area contributed by atoms with Crippen molar-refractivity contribution in [1.29, 1.82) is 0 Å². The van der Waals surface area contributed by atoms with Crippen LogP contribution in [0.5, 0.6) is 5.75 Å². The smallest absolute Gasteiger partial charge is 0.256 e. The molecule has 152 valence electrons. The molecule has 0 bridgehead atoms. The van der Waals surface area contributed by atoms with Gasteiger partial charge in [-0.1, -0.05) is 32.9 Å². The van der Waals surface area contributed by atoms with Gasteiger partial charge in [0, 0.05) is 16.2 Å². The minimum absolute atomic E-state index is 0.0991. The van der Waals surface area contributed by atoms with Crippen molar-refractivity contribution in [2.75, 3.05) is 0 Å². The Kier molecular flexibility index (Phi) is 4.94. The van der Waals surface area contributed by atoms with Crippen molar-refractivity contribution in [1.82, 2.24) is 10.2 Å². The summed E-state index contributed by atoms with van der Waals surface area (Å²) < 4.78 is 5.89. The summed E-state index contributed by atoms with van der Waals surface area (Å²) in [7, 11) is 0. The van der Waals surface area contributed by atoms with Crippen LogP contribution in [0.1, 0.15) is 59.3 Å². The summed E-state index contributed by atoms with van der Waals surface area (Å²) in [5.74, 6) is -0.00997. The number of imide groups is 1. The zero-order chi connectivity index (χ0) is 20.8. The number of nitrogens with one attached hydrogen (secondary N) is 1. The van der Waals surface area contributed by atoms with E-state index in [9.17, 15) is 14.4 Å². The molecule has 2 aliphatic rings. The molecule has 3 amide bonds. The molecule has 6 nitrogen and oxygen atoms in total. The van der Waals surface area contributed by atoms with Gasteiger partial charge in [-0.3, -0.25) is 19.7 Å². The lowest BCUT2D eigenvalue weighted by molar-refractivity contribution is -0.136. The SMILES string of the molecule is CC(C)(C)c1ccc(OCc2cc3c(s2)CN([C@H]2CCC(=O)NC2=O)C3=O)cc1. The molecule has 7 heteroatoms. The molecule has 0 unspecified atom stereocenters. The molecule has 1 fully saturated rings. The van der Waals surface area contributed by atoms with Gasteiger partial charge >= 0.3 is 0 Å². The summed E-state index contributed by atoms with van der Waals surface area (Å²) in [6, 6.07) is 9.38. The lowest BCUT2D eigenvalue weighted by Gasteiger charge is -2.29. The van der Waals surface area contributed by atoms with Crippen LogP contribution >= 0.6 is 11.3 Å². The Morgan fingerprint density at radius 2 is 1.90 bits per heavy atom. The van der Waals surface area contributed by atoms with E-state index in [0.717, 1.165) is 15.5 Å². The summed E-state index contributed by atoms with van der Waals surface area (Å²) in [4.78, 5) is 39.7. The third kappa shape index (κ3) is 3.92. The van der Waals surface area contributed by atoms with Crippen LogP contribution in [0, 0.1) is 0 Å². The highest BCUT2D eigenvalue weighted by Crippen LogP contribution is 2.34. The van der Waals surface area contributed by atoms with Gasteiger partial charge in [0.15, 0.2) is 0 Å². The highest BCUT2D eigenvalue weighted by Gasteiger charge is 2.40. The van der Waals surface area contributed by atoms with E-state index in [1.807, 2.05) is 18.2 Å². The van der Waals surface area contributed by atoms with Crippen molar-refractivity contribution < 1.29 is 19.1 Å². The van der Waals surface area contributed by atoms with E-state index < -0.39 is 6.04 Å². The van der Waals surface area contributed by atoms with Crippen molar-refractivity contribution in [3.63, 3.8) is 0 Å². The van der Waals surface area contributed by atoms with E-state index in [0.29, 0.717) is 25.1 Å².